The van der Waals surface area contributed by atoms with Crippen LogP contribution in [0.4, 0.5) is 11.5 Å². The fourth-order valence-electron chi connectivity index (χ4n) is 0.677. The minimum absolute atomic E-state index is 0.0760. The van der Waals surface area contributed by atoms with Gasteiger partial charge in [-0.15, -0.1) is 0 Å². The van der Waals surface area contributed by atoms with Crippen LogP contribution >= 0.6 is 0 Å². The van der Waals surface area contributed by atoms with Gasteiger partial charge in [-0.3, -0.25) is 9.82 Å². The maximum Gasteiger partial charge on any atom is 0.250 e. The maximum atomic E-state index is 11.3. The zero-order chi connectivity index (χ0) is 10.8. The van der Waals surface area contributed by atoms with Crippen LogP contribution in [0.5, 0.6) is 0 Å². The molecule has 1 aromatic heterocycles. The molecule has 1 rings (SSSR count). The fraction of sp³-hybridized carbons (Fsp3) is 0.333. The number of nitrogen functional groups attached to an aromatic ring is 1. The second-order valence-corrected chi connectivity index (χ2v) is 4.62. The van der Waals surface area contributed by atoms with Crippen LogP contribution < -0.4 is 10.5 Å². The molecule has 4 N–H and O–H groups in total. The lowest BCUT2D eigenvalue weighted by Crippen LogP contribution is -2.24. The van der Waals surface area contributed by atoms with Crippen molar-refractivity contribution in [1.82, 2.24) is 10.2 Å². The van der Waals surface area contributed by atoms with E-state index in [9.17, 15) is 8.42 Å². The lowest BCUT2D eigenvalue weighted by Gasteiger charge is -2.07. The Morgan fingerprint density at radius 2 is 2.43 bits per heavy atom. The fourth-order valence-corrected chi connectivity index (χ4v) is 1.44. The van der Waals surface area contributed by atoms with E-state index in [0.29, 0.717) is 0 Å². The van der Waals surface area contributed by atoms with Gasteiger partial charge in [0.05, 0.1) is 18.0 Å². The Labute approximate surface area is 81.0 Å². The molecule has 0 aliphatic rings. The Morgan fingerprint density at radius 3 is 2.86 bits per heavy atom. The normalized spacial score (nSPS) is 13.1. The van der Waals surface area contributed by atoms with Gasteiger partial charge in [-0.25, -0.2) is 8.42 Å². The predicted molar refractivity (Wildman–Crippen MR) is 50.6 cm³/mol. The molecular weight excluding hydrogens is 206 g/mol. The minimum atomic E-state index is -3.72. The molecule has 0 saturated carbocycles. The van der Waals surface area contributed by atoms with Crippen LogP contribution in [-0.4, -0.2) is 23.9 Å². The zero-order valence-electron chi connectivity index (χ0n) is 7.35. The van der Waals surface area contributed by atoms with E-state index in [2.05, 4.69) is 14.9 Å². The highest BCUT2D eigenvalue weighted by atomic mass is 32.2. The molecule has 0 amide bonds. The summed E-state index contributed by atoms with van der Waals surface area (Å²) in [6.07, 6.45) is 1.27. The van der Waals surface area contributed by atoms with Gasteiger partial charge in [0, 0.05) is 0 Å². The Kier molecular flexibility index (Phi) is 2.62. The number of H-pyrrole nitrogens is 1. The Hall–Kier alpha value is -1.75. The van der Waals surface area contributed by atoms with E-state index < -0.39 is 15.3 Å². The van der Waals surface area contributed by atoms with E-state index in [4.69, 9.17) is 11.0 Å². The molecule has 0 aromatic carbocycles. The van der Waals surface area contributed by atoms with Crippen molar-refractivity contribution in [3.63, 3.8) is 0 Å². The van der Waals surface area contributed by atoms with E-state index >= 15 is 0 Å². The van der Waals surface area contributed by atoms with Crippen molar-refractivity contribution in [2.24, 2.45) is 0 Å². The van der Waals surface area contributed by atoms with Gasteiger partial charge in [0.2, 0.25) is 10.0 Å². The van der Waals surface area contributed by atoms with E-state index in [1.807, 2.05) is 0 Å². The maximum absolute atomic E-state index is 11.3. The first-order valence-corrected chi connectivity index (χ1v) is 5.22. The van der Waals surface area contributed by atoms with Crippen molar-refractivity contribution in [3.8, 4) is 6.07 Å². The van der Waals surface area contributed by atoms with E-state index in [1.165, 1.54) is 13.1 Å². The Balaban J connectivity index is 2.91. The monoisotopic (exact) mass is 215 g/mol. The largest absolute Gasteiger partial charge is 0.394 e. The molecule has 0 saturated heterocycles. The first-order valence-electron chi connectivity index (χ1n) is 3.67. The summed E-state index contributed by atoms with van der Waals surface area (Å²) >= 11 is 0. The number of sulfonamides is 1. The molecule has 1 heterocycles. The van der Waals surface area contributed by atoms with Gasteiger partial charge in [0.1, 0.15) is 0 Å². The summed E-state index contributed by atoms with van der Waals surface area (Å²) in [5.41, 5.74) is 5.57. The van der Waals surface area contributed by atoms with Gasteiger partial charge < -0.3 is 5.73 Å². The van der Waals surface area contributed by atoms with E-state index in [-0.39, 0.29) is 11.5 Å². The number of anilines is 2. The summed E-state index contributed by atoms with van der Waals surface area (Å²) in [4.78, 5) is 0. The van der Waals surface area contributed by atoms with Crippen LogP contribution in [0.2, 0.25) is 0 Å². The molecule has 0 fully saturated rings. The van der Waals surface area contributed by atoms with Crippen molar-refractivity contribution in [2.75, 3.05) is 10.5 Å². The van der Waals surface area contributed by atoms with Crippen molar-refractivity contribution in [1.29, 1.82) is 5.26 Å². The first kappa shape index (κ1) is 10.3. The lowest BCUT2D eigenvalue weighted by atomic mass is 10.5. The van der Waals surface area contributed by atoms with E-state index in [0.717, 1.165) is 0 Å². The van der Waals surface area contributed by atoms with Crippen LogP contribution in [-0.2, 0) is 10.0 Å². The molecule has 7 nitrogen and oxygen atoms in total. The number of aromatic amines is 1. The third-order valence-electron chi connectivity index (χ3n) is 1.56. The summed E-state index contributed by atoms with van der Waals surface area (Å²) in [7, 11) is -3.72. The number of nitrogens with two attached hydrogens (primary N) is 1. The third-order valence-corrected chi connectivity index (χ3v) is 3.09. The quantitative estimate of drug-likeness (QED) is 0.635. The molecule has 0 bridgehead atoms. The van der Waals surface area contributed by atoms with Gasteiger partial charge in [-0.05, 0) is 6.92 Å². The van der Waals surface area contributed by atoms with Crippen molar-refractivity contribution >= 4 is 21.5 Å². The molecule has 1 atom stereocenters. The van der Waals surface area contributed by atoms with Crippen molar-refractivity contribution in [2.45, 2.75) is 12.2 Å². The smallest absolute Gasteiger partial charge is 0.250 e. The molecule has 1 unspecified atom stereocenters. The summed E-state index contributed by atoms with van der Waals surface area (Å²) in [6.45, 7) is 1.27. The van der Waals surface area contributed by atoms with Crippen LogP contribution in [0.15, 0.2) is 6.20 Å². The lowest BCUT2D eigenvalue weighted by molar-refractivity contribution is 0.597. The number of hydrogen-bond acceptors (Lipinski definition) is 5. The number of nitrogens with zero attached hydrogens (tertiary/aromatic N) is 2. The highest BCUT2D eigenvalue weighted by molar-refractivity contribution is 7.93. The number of nitrogens with one attached hydrogen (secondary N) is 2. The van der Waals surface area contributed by atoms with Crippen LogP contribution in [0.1, 0.15) is 6.92 Å². The summed E-state index contributed by atoms with van der Waals surface area (Å²) in [5, 5.41) is 13.2. The SMILES string of the molecule is CC(C#N)S(=O)(=O)Nc1[nH]ncc1N. The molecule has 8 heteroatoms. The van der Waals surface area contributed by atoms with Gasteiger partial charge in [-0.1, -0.05) is 0 Å². The van der Waals surface area contributed by atoms with Crippen molar-refractivity contribution < 1.29 is 8.42 Å². The second-order valence-electron chi connectivity index (χ2n) is 2.62. The van der Waals surface area contributed by atoms with E-state index in [1.54, 1.807) is 6.07 Å². The third kappa shape index (κ3) is 1.94. The highest BCUT2D eigenvalue weighted by Gasteiger charge is 2.21. The van der Waals surface area contributed by atoms with Crippen molar-refractivity contribution in [3.05, 3.63) is 6.20 Å². The molecule has 14 heavy (non-hydrogen) atoms. The number of nitriles is 1. The average molecular weight is 215 g/mol. The summed E-state index contributed by atoms with van der Waals surface area (Å²) in [6, 6.07) is 1.61. The standard InChI is InChI=1S/C6H9N5O2S/c1-4(2-7)14(12,13)11-6-5(8)3-9-10-6/h3-4H,8H2,1H3,(H2,9,10,11). The van der Waals surface area contributed by atoms with Gasteiger partial charge in [-0.2, -0.15) is 10.4 Å². The van der Waals surface area contributed by atoms with Crippen LogP contribution in [0.25, 0.3) is 0 Å². The molecule has 76 valence electrons. The van der Waals surface area contributed by atoms with Gasteiger partial charge in [0.15, 0.2) is 11.1 Å². The van der Waals surface area contributed by atoms with Gasteiger partial charge in [0.25, 0.3) is 0 Å². The molecule has 0 aliphatic heterocycles. The molecule has 0 spiro atoms. The summed E-state index contributed by atoms with van der Waals surface area (Å²) in [5.74, 6) is 0.0760. The Bertz CT molecular complexity index is 457. The highest BCUT2D eigenvalue weighted by Crippen LogP contribution is 2.15. The molecule has 0 aliphatic carbocycles. The molecular formula is C6H9N5O2S. The first-order chi connectivity index (χ1) is 6.47. The Morgan fingerprint density at radius 1 is 1.79 bits per heavy atom. The topological polar surface area (TPSA) is 125 Å². The van der Waals surface area contributed by atoms with Crippen LogP contribution in [0, 0.1) is 11.3 Å². The number of rotatable bonds is 3. The van der Waals surface area contributed by atoms with Gasteiger partial charge >= 0.3 is 0 Å². The number of aromatic nitrogens is 2. The molecule has 1 aromatic rings. The average Bonchev–Trinajstić information content (AvgIpc) is 2.50. The predicted octanol–water partition coefficient (Wildman–Crippen LogP) is -0.354. The molecule has 0 radical (unpaired) electrons. The second kappa shape index (κ2) is 3.55. The minimum Gasteiger partial charge on any atom is -0.394 e. The number of hydrogen-bond donors (Lipinski definition) is 3. The summed E-state index contributed by atoms with van der Waals surface area (Å²) < 4.78 is 24.8. The van der Waals surface area contributed by atoms with Crippen LogP contribution in [0.3, 0.4) is 0 Å². The zero-order valence-corrected chi connectivity index (χ0v) is 8.17.